The van der Waals surface area contributed by atoms with Gasteiger partial charge in [-0.25, -0.2) is 4.98 Å². The molecule has 2 atom stereocenters. The number of aryl methyl sites for hydroxylation is 1. The molecule has 0 radical (unpaired) electrons. The number of hydrogen-bond acceptors (Lipinski definition) is 4. The Bertz CT molecular complexity index is 488. The van der Waals surface area contributed by atoms with E-state index in [0.29, 0.717) is 17.8 Å². The molecule has 2 fully saturated rings. The molecule has 18 heavy (non-hydrogen) atoms. The normalized spacial score (nSPS) is 25.6. The highest BCUT2D eigenvalue weighted by Crippen LogP contribution is 2.30. The van der Waals surface area contributed by atoms with Gasteiger partial charge in [-0.15, -0.1) is 0 Å². The molecule has 2 saturated heterocycles. The van der Waals surface area contributed by atoms with Gasteiger partial charge in [-0.2, -0.15) is 0 Å². The summed E-state index contributed by atoms with van der Waals surface area (Å²) in [5.41, 5.74) is 2.58. The number of amides is 1. The summed E-state index contributed by atoms with van der Waals surface area (Å²) in [4.78, 5) is 18.3. The molecular formula is C13H18N4O. The predicted octanol–water partition coefficient (Wildman–Crippen LogP) is 0.300. The fraction of sp³-hybridized carbons (Fsp3) is 0.538. The Morgan fingerprint density at radius 2 is 2.39 bits per heavy atom. The molecule has 2 aliphatic heterocycles. The van der Waals surface area contributed by atoms with Crippen LogP contribution in [-0.4, -0.2) is 43.1 Å². The molecule has 1 aromatic heterocycles. The molecular weight excluding hydrogens is 228 g/mol. The zero-order valence-electron chi connectivity index (χ0n) is 10.7. The lowest BCUT2D eigenvalue weighted by Crippen LogP contribution is -2.44. The van der Waals surface area contributed by atoms with Gasteiger partial charge in [0.15, 0.2) is 0 Å². The summed E-state index contributed by atoms with van der Waals surface area (Å²) in [7, 11) is 1.62. The van der Waals surface area contributed by atoms with Gasteiger partial charge >= 0.3 is 0 Å². The molecule has 3 rings (SSSR count). The van der Waals surface area contributed by atoms with E-state index in [1.54, 1.807) is 13.1 Å². The third-order valence-electron chi connectivity index (χ3n) is 3.88. The standard InChI is InChI=1S/C13H18N4O/c1-8-12(4-3-11(16-8)13(18)14-2)17-7-9-5-10(17)6-15-9/h3-4,9-10,15H,5-7H2,1-2H3,(H,14,18)/t9-,10-/m1/s1. The number of piperazine rings is 1. The van der Waals surface area contributed by atoms with Crippen molar-refractivity contribution < 1.29 is 4.79 Å². The number of carbonyl (C=O) groups is 1. The summed E-state index contributed by atoms with van der Waals surface area (Å²) in [6, 6.07) is 5.03. The SMILES string of the molecule is CNC(=O)c1ccc(N2C[C@H]3C[C@@H]2CN3)c(C)n1. The number of rotatable bonds is 2. The van der Waals surface area contributed by atoms with Gasteiger partial charge in [0.1, 0.15) is 5.69 Å². The van der Waals surface area contributed by atoms with Crippen molar-refractivity contribution in [2.45, 2.75) is 25.4 Å². The van der Waals surface area contributed by atoms with Crippen LogP contribution < -0.4 is 15.5 Å². The second-order valence-corrected chi connectivity index (χ2v) is 5.03. The van der Waals surface area contributed by atoms with Crippen LogP contribution in [0.15, 0.2) is 12.1 Å². The summed E-state index contributed by atoms with van der Waals surface area (Å²) in [5, 5.41) is 6.09. The Kier molecular flexibility index (Phi) is 2.70. The van der Waals surface area contributed by atoms with Crippen LogP contribution in [0.3, 0.4) is 0 Å². The molecule has 5 heteroatoms. The van der Waals surface area contributed by atoms with Crippen LogP contribution >= 0.6 is 0 Å². The van der Waals surface area contributed by atoms with E-state index in [4.69, 9.17) is 0 Å². The predicted molar refractivity (Wildman–Crippen MR) is 69.9 cm³/mol. The average Bonchev–Trinajstić information content (AvgIpc) is 3.00. The van der Waals surface area contributed by atoms with Crippen molar-refractivity contribution in [1.29, 1.82) is 0 Å². The second-order valence-electron chi connectivity index (χ2n) is 5.03. The molecule has 96 valence electrons. The first kappa shape index (κ1) is 11.5. The van der Waals surface area contributed by atoms with Crippen LogP contribution in [0.4, 0.5) is 5.69 Å². The Morgan fingerprint density at radius 3 is 2.94 bits per heavy atom. The van der Waals surface area contributed by atoms with Crippen molar-refractivity contribution in [3.8, 4) is 0 Å². The first-order valence-electron chi connectivity index (χ1n) is 6.39. The van der Waals surface area contributed by atoms with Crippen LogP contribution in [0.25, 0.3) is 0 Å². The molecule has 1 amide bonds. The molecule has 2 aliphatic rings. The second kappa shape index (κ2) is 4.24. The maximum atomic E-state index is 11.5. The summed E-state index contributed by atoms with van der Waals surface area (Å²) >= 11 is 0. The number of aromatic nitrogens is 1. The number of hydrogen-bond donors (Lipinski definition) is 2. The Labute approximate surface area is 107 Å². The fourth-order valence-corrected chi connectivity index (χ4v) is 2.97. The van der Waals surface area contributed by atoms with Gasteiger partial charge in [-0.05, 0) is 25.5 Å². The minimum atomic E-state index is -0.130. The van der Waals surface area contributed by atoms with Crippen LogP contribution in [0.5, 0.6) is 0 Å². The molecule has 3 heterocycles. The van der Waals surface area contributed by atoms with E-state index in [9.17, 15) is 4.79 Å². The van der Waals surface area contributed by atoms with Crippen molar-refractivity contribution in [2.24, 2.45) is 0 Å². The third kappa shape index (κ3) is 1.75. The Balaban J connectivity index is 1.87. The molecule has 2 bridgehead atoms. The number of anilines is 1. The van der Waals surface area contributed by atoms with E-state index < -0.39 is 0 Å². The molecule has 0 saturated carbocycles. The highest BCUT2D eigenvalue weighted by molar-refractivity contribution is 5.92. The van der Waals surface area contributed by atoms with Crippen molar-refractivity contribution >= 4 is 11.6 Å². The van der Waals surface area contributed by atoms with Crippen molar-refractivity contribution in [3.63, 3.8) is 0 Å². The van der Waals surface area contributed by atoms with E-state index in [1.807, 2.05) is 13.0 Å². The molecule has 2 N–H and O–H groups in total. The van der Waals surface area contributed by atoms with Gasteiger partial charge in [0.05, 0.1) is 11.4 Å². The number of pyridine rings is 1. The summed E-state index contributed by atoms with van der Waals surface area (Å²) in [6.07, 6.45) is 1.22. The van der Waals surface area contributed by atoms with Crippen molar-refractivity contribution in [3.05, 3.63) is 23.5 Å². The van der Waals surface area contributed by atoms with Crippen molar-refractivity contribution in [2.75, 3.05) is 25.0 Å². The zero-order chi connectivity index (χ0) is 12.7. The van der Waals surface area contributed by atoms with Gasteiger partial charge in [0.2, 0.25) is 0 Å². The number of carbonyl (C=O) groups excluding carboxylic acids is 1. The first-order chi connectivity index (χ1) is 8.69. The number of fused-ring (bicyclic) bond motifs is 2. The molecule has 5 nitrogen and oxygen atoms in total. The highest BCUT2D eigenvalue weighted by Gasteiger charge is 2.38. The number of nitrogens with zero attached hydrogens (tertiary/aromatic N) is 2. The lowest BCUT2D eigenvalue weighted by molar-refractivity contribution is 0.0958. The number of nitrogens with one attached hydrogen (secondary N) is 2. The summed E-state index contributed by atoms with van der Waals surface area (Å²) < 4.78 is 0. The lowest BCUT2D eigenvalue weighted by Gasteiger charge is -2.30. The monoisotopic (exact) mass is 246 g/mol. The zero-order valence-corrected chi connectivity index (χ0v) is 10.7. The van der Waals surface area contributed by atoms with Crippen LogP contribution in [0.1, 0.15) is 22.6 Å². The van der Waals surface area contributed by atoms with Gasteiger partial charge in [-0.1, -0.05) is 0 Å². The van der Waals surface area contributed by atoms with Gasteiger partial charge in [0, 0.05) is 32.2 Å². The topological polar surface area (TPSA) is 57.3 Å². The molecule has 0 spiro atoms. The van der Waals surface area contributed by atoms with E-state index in [-0.39, 0.29) is 5.91 Å². The minimum absolute atomic E-state index is 0.130. The summed E-state index contributed by atoms with van der Waals surface area (Å²) in [5.74, 6) is -0.130. The largest absolute Gasteiger partial charge is 0.364 e. The van der Waals surface area contributed by atoms with Crippen molar-refractivity contribution in [1.82, 2.24) is 15.6 Å². The van der Waals surface area contributed by atoms with E-state index in [1.165, 1.54) is 6.42 Å². The van der Waals surface area contributed by atoms with Gasteiger partial charge in [-0.3, -0.25) is 4.79 Å². The maximum Gasteiger partial charge on any atom is 0.269 e. The van der Waals surface area contributed by atoms with Gasteiger partial charge in [0.25, 0.3) is 5.91 Å². The average molecular weight is 246 g/mol. The maximum absolute atomic E-state index is 11.5. The minimum Gasteiger partial charge on any atom is -0.364 e. The van der Waals surface area contributed by atoms with Crippen LogP contribution in [0, 0.1) is 6.92 Å². The highest BCUT2D eigenvalue weighted by atomic mass is 16.1. The van der Waals surface area contributed by atoms with E-state index in [2.05, 4.69) is 20.5 Å². The molecule has 1 aromatic rings. The smallest absolute Gasteiger partial charge is 0.269 e. The molecule has 0 aromatic carbocycles. The lowest BCUT2D eigenvalue weighted by atomic mass is 10.2. The fourth-order valence-electron chi connectivity index (χ4n) is 2.97. The summed E-state index contributed by atoms with van der Waals surface area (Å²) in [6.45, 7) is 4.08. The van der Waals surface area contributed by atoms with E-state index in [0.717, 1.165) is 24.5 Å². The first-order valence-corrected chi connectivity index (χ1v) is 6.39. The van der Waals surface area contributed by atoms with E-state index >= 15 is 0 Å². The van der Waals surface area contributed by atoms with Crippen LogP contribution in [0.2, 0.25) is 0 Å². The van der Waals surface area contributed by atoms with Gasteiger partial charge < -0.3 is 15.5 Å². The Hall–Kier alpha value is -1.62. The quantitative estimate of drug-likeness (QED) is 0.788. The molecule has 0 aliphatic carbocycles. The third-order valence-corrected chi connectivity index (χ3v) is 3.88. The Morgan fingerprint density at radius 1 is 1.56 bits per heavy atom. The van der Waals surface area contributed by atoms with Crippen LogP contribution in [-0.2, 0) is 0 Å². The molecule has 0 unspecified atom stereocenters.